The number of nitrogens with zero attached hydrogens (tertiary/aromatic N) is 3. The van der Waals surface area contributed by atoms with Crippen LogP contribution in [0.3, 0.4) is 0 Å². The minimum atomic E-state index is 0.0343. The van der Waals surface area contributed by atoms with E-state index in [1.807, 2.05) is 59.6 Å². The zero-order valence-electron chi connectivity index (χ0n) is 20.9. The number of carbonyl (C=O) groups excluding carboxylic acids is 1. The van der Waals surface area contributed by atoms with Crippen molar-refractivity contribution in [1.82, 2.24) is 9.47 Å². The van der Waals surface area contributed by atoms with Crippen molar-refractivity contribution in [3.05, 3.63) is 70.2 Å². The summed E-state index contributed by atoms with van der Waals surface area (Å²) in [6.07, 6.45) is 6.89. The van der Waals surface area contributed by atoms with E-state index in [0.29, 0.717) is 24.4 Å². The molecule has 4 rings (SSSR count). The van der Waals surface area contributed by atoms with Gasteiger partial charge in [-0.3, -0.25) is 9.59 Å². The van der Waals surface area contributed by atoms with E-state index in [1.165, 1.54) is 0 Å². The molecule has 0 saturated heterocycles. The smallest absolute Gasteiger partial charge is 0.258 e. The number of aliphatic imine (C=N–C) groups is 1. The molecule has 0 atom stereocenters. The fourth-order valence-corrected chi connectivity index (χ4v) is 4.65. The largest absolute Gasteiger partial charge is 0.387 e. The van der Waals surface area contributed by atoms with Crippen molar-refractivity contribution in [2.45, 2.75) is 53.0 Å². The van der Waals surface area contributed by atoms with Gasteiger partial charge in [-0.25, -0.2) is 4.99 Å². The molecule has 2 heterocycles. The third kappa shape index (κ3) is 5.21. The van der Waals surface area contributed by atoms with E-state index in [-0.39, 0.29) is 11.5 Å². The summed E-state index contributed by atoms with van der Waals surface area (Å²) in [5, 5.41) is 1.63. The summed E-state index contributed by atoms with van der Waals surface area (Å²) in [6.45, 7) is 8.41. The second-order valence-corrected chi connectivity index (χ2v) is 9.13. The third-order valence-electron chi connectivity index (χ3n) is 6.32. The summed E-state index contributed by atoms with van der Waals surface area (Å²) in [4.78, 5) is 32.5. The lowest BCUT2D eigenvalue weighted by Gasteiger charge is -2.22. The van der Waals surface area contributed by atoms with Crippen LogP contribution < -0.4 is 11.3 Å². The van der Waals surface area contributed by atoms with Crippen LogP contribution in [0, 0.1) is 0 Å². The third-order valence-corrected chi connectivity index (χ3v) is 6.32. The summed E-state index contributed by atoms with van der Waals surface area (Å²) >= 11 is 0. The Kier molecular flexibility index (Phi) is 7.49. The van der Waals surface area contributed by atoms with E-state index in [0.717, 1.165) is 65.5 Å². The van der Waals surface area contributed by atoms with Gasteiger partial charge in [-0.05, 0) is 66.1 Å². The second kappa shape index (κ2) is 10.7. The van der Waals surface area contributed by atoms with E-state index in [9.17, 15) is 9.59 Å². The first kappa shape index (κ1) is 24.5. The monoisotopic (exact) mass is 470 g/mol. The van der Waals surface area contributed by atoms with Crippen molar-refractivity contribution in [1.29, 1.82) is 0 Å². The first-order valence-electron chi connectivity index (χ1n) is 12.6. The van der Waals surface area contributed by atoms with Gasteiger partial charge >= 0.3 is 0 Å². The van der Waals surface area contributed by atoms with E-state index in [2.05, 4.69) is 25.8 Å². The van der Waals surface area contributed by atoms with Crippen molar-refractivity contribution >= 4 is 34.3 Å². The Hall–Kier alpha value is -3.67. The Morgan fingerprint density at radius 2 is 1.71 bits per heavy atom. The number of rotatable bonds is 8. The van der Waals surface area contributed by atoms with Crippen LogP contribution in [0.2, 0.25) is 0 Å². The van der Waals surface area contributed by atoms with Crippen molar-refractivity contribution in [2.75, 3.05) is 13.1 Å². The Morgan fingerprint density at radius 1 is 1.00 bits per heavy atom. The lowest BCUT2D eigenvalue weighted by Crippen LogP contribution is -2.34. The maximum absolute atomic E-state index is 13.2. The molecular formula is C29H34N4O2. The van der Waals surface area contributed by atoms with Gasteiger partial charge in [0.25, 0.3) is 5.56 Å². The zero-order chi connectivity index (χ0) is 24.9. The summed E-state index contributed by atoms with van der Waals surface area (Å²) < 4.78 is 1.76. The normalized spacial score (nSPS) is 13.1. The average molecular weight is 471 g/mol. The lowest BCUT2D eigenvalue weighted by molar-refractivity contribution is -0.127. The molecular weight excluding hydrogens is 436 g/mol. The number of carbonyl (C=O) groups is 1. The Morgan fingerprint density at radius 3 is 2.43 bits per heavy atom. The molecule has 2 N–H and O–H groups in total. The number of amides is 1. The highest BCUT2D eigenvalue weighted by Crippen LogP contribution is 2.33. The number of aryl methyl sites for hydroxylation is 1. The number of pyridine rings is 1. The average Bonchev–Trinajstić information content (AvgIpc) is 3.02. The number of nitrogens with two attached hydrogens (primary N) is 1. The molecule has 6 nitrogen and oxygen atoms in total. The summed E-state index contributed by atoms with van der Waals surface area (Å²) in [5.41, 5.74) is 10.6. The molecule has 0 saturated carbocycles. The van der Waals surface area contributed by atoms with Gasteiger partial charge in [0, 0.05) is 48.8 Å². The second-order valence-electron chi connectivity index (χ2n) is 9.13. The first-order valence-corrected chi connectivity index (χ1v) is 12.6. The van der Waals surface area contributed by atoms with Crippen LogP contribution in [0.25, 0.3) is 28.0 Å². The molecule has 2 aromatic carbocycles. The summed E-state index contributed by atoms with van der Waals surface area (Å²) in [5.74, 6) is 0.468. The summed E-state index contributed by atoms with van der Waals surface area (Å²) in [6, 6.07) is 13.9. The standard InChI is InChI=1S/C29H34N4O2/c1-4-12-32(13-5-2)28(34)24-17-23-8-7-21(18-26(23)31-27(30)19-24)20-9-10-25-22(16-20)11-15-33(14-6-3)29(25)35/h7-11,15-18H,4-6,12-14,19H2,1-3H3,(H2,30,31). The van der Waals surface area contributed by atoms with Gasteiger partial charge in [0.1, 0.15) is 5.84 Å². The van der Waals surface area contributed by atoms with Crippen LogP contribution in [0.5, 0.6) is 0 Å². The van der Waals surface area contributed by atoms with E-state index < -0.39 is 0 Å². The number of hydrogen-bond donors (Lipinski definition) is 1. The highest BCUT2D eigenvalue weighted by Gasteiger charge is 2.21. The molecule has 0 aliphatic carbocycles. The molecule has 35 heavy (non-hydrogen) atoms. The van der Waals surface area contributed by atoms with Crippen molar-refractivity contribution in [2.24, 2.45) is 10.7 Å². The van der Waals surface area contributed by atoms with Gasteiger partial charge in [-0.1, -0.05) is 39.0 Å². The van der Waals surface area contributed by atoms with Crippen LogP contribution in [0.4, 0.5) is 5.69 Å². The fraction of sp³-hybridized carbons (Fsp3) is 0.345. The van der Waals surface area contributed by atoms with Crippen LogP contribution in [0.1, 0.15) is 52.0 Å². The Balaban J connectivity index is 1.70. The number of fused-ring (bicyclic) bond motifs is 2. The van der Waals surface area contributed by atoms with E-state index >= 15 is 0 Å². The molecule has 6 heteroatoms. The molecule has 1 aliphatic rings. The van der Waals surface area contributed by atoms with Crippen LogP contribution in [-0.2, 0) is 11.3 Å². The highest BCUT2D eigenvalue weighted by atomic mass is 16.2. The molecule has 1 amide bonds. The predicted octanol–water partition coefficient (Wildman–Crippen LogP) is 5.50. The fourth-order valence-electron chi connectivity index (χ4n) is 4.65. The minimum Gasteiger partial charge on any atom is -0.387 e. The van der Waals surface area contributed by atoms with Gasteiger partial charge in [-0.15, -0.1) is 0 Å². The van der Waals surface area contributed by atoms with Gasteiger partial charge < -0.3 is 15.2 Å². The SMILES string of the molecule is CCCN(CCC)C(=O)C1=Cc2ccc(-c3ccc4c(=O)n(CCC)ccc4c3)cc2N=C(N)C1. The topological polar surface area (TPSA) is 80.7 Å². The molecule has 0 spiro atoms. The van der Waals surface area contributed by atoms with Crippen LogP contribution in [-0.4, -0.2) is 34.3 Å². The summed E-state index contributed by atoms with van der Waals surface area (Å²) in [7, 11) is 0. The van der Waals surface area contributed by atoms with Crippen molar-refractivity contribution in [3.63, 3.8) is 0 Å². The van der Waals surface area contributed by atoms with Crippen LogP contribution >= 0.6 is 0 Å². The van der Waals surface area contributed by atoms with Crippen molar-refractivity contribution < 1.29 is 4.79 Å². The molecule has 0 fully saturated rings. The van der Waals surface area contributed by atoms with Crippen LogP contribution in [0.15, 0.2) is 64.0 Å². The molecule has 1 aliphatic heterocycles. The maximum atomic E-state index is 13.2. The first-order chi connectivity index (χ1) is 16.9. The zero-order valence-corrected chi connectivity index (χ0v) is 20.9. The molecule has 1 aromatic heterocycles. The predicted molar refractivity (Wildman–Crippen MR) is 145 cm³/mol. The molecule has 0 unspecified atom stereocenters. The molecule has 0 radical (unpaired) electrons. The Labute approximate surface area is 206 Å². The molecule has 3 aromatic rings. The quantitative estimate of drug-likeness (QED) is 0.472. The number of amidine groups is 1. The number of hydrogen-bond acceptors (Lipinski definition) is 4. The number of benzene rings is 2. The van der Waals surface area contributed by atoms with Crippen molar-refractivity contribution in [3.8, 4) is 11.1 Å². The van der Waals surface area contributed by atoms with E-state index in [4.69, 9.17) is 5.73 Å². The van der Waals surface area contributed by atoms with E-state index in [1.54, 1.807) is 4.57 Å². The van der Waals surface area contributed by atoms with Gasteiger partial charge in [0.05, 0.1) is 5.69 Å². The highest BCUT2D eigenvalue weighted by molar-refractivity contribution is 6.05. The lowest BCUT2D eigenvalue weighted by atomic mass is 9.99. The minimum absolute atomic E-state index is 0.0343. The Bertz CT molecular complexity index is 1360. The maximum Gasteiger partial charge on any atom is 0.258 e. The van der Waals surface area contributed by atoms with Gasteiger partial charge in [0.15, 0.2) is 0 Å². The van der Waals surface area contributed by atoms with Gasteiger partial charge in [0.2, 0.25) is 5.91 Å². The molecule has 182 valence electrons. The molecule has 0 bridgehead atoms. The van der Waals surface area contributed by atoms with Gasteiger partial charge in [-0.2, -0.15) is 0 Å². The number of aromatic nitrogens is 1.